The van der Waals surface area contributed by atoms with Crippen LogP contribution in [0.3, 0.4) is 0 Å². The van der Waals surface area contributed by atoms with Crippen molar-refractivity contribution in [2.75, 3.05) is 12.4 Å². The number of alkyl halides is 3. The van der Waals surface area contributed by atoms with E-state index in [1.165, 1.54) is 37.7 Å². The predicted octanol–water partition coefficient (Wildman–Crippen LogP) is 4.45. The van der Waals surface area contributed by atoms with Crippen LogP contribution < -0.4 is 10.1 Å². The van der Waals surface area contributed by atoms with E-state index in [1.807, 2.05) is 0 Å². The maximum Gasteiger partial charge on any atom is 0.433 e. The summed E-state index contributed by atoms with van der Waals surface area (Å²) in [6, 6.07) is 7.43. The van der Waals surface area contributed by atoms with Gasteiger partial charge in [-0.15, -0.1) is 0 Å². The molecule has 5 nitrogen and oxygen atoms in total. The minimum atomic E-state index is -4.67. The molecule has 0 aliphatic carbocycles. The molecule has 0 radical (unpaired) electrons. The van der Waals surface area contributed by atoms with Crippen molar-refractivity contribution in [1.29, 1.82) is 0 Å². The van der Waals surface area contributed by atoms with Crippen molar-refractivity contribution in [3.05, 3.63) is 60.3 Å². The Morgan fingerprint density at radius 1 is 1.00 bits per heavy atom. The predicted molar refractivity (Wildman–Crippen MR) is 86.5 cm³/mol. The van der Waals surface area contributed by atoms with Crippen molar-refractivity contribution in [1.82, 2.24) is 15.0 Å². The number of benzene rings is 1. The number of pyridine rings is 1. The van der Waals surface area contributed by atoms with Crippen LogP contribution in [0.25, 0.3) is 11.4 Å². The first-order chi connectivity index (χ1) is 12.3. The number of nitrogens with one attached hydrogen (secondary N) is 1. The summed E-state index contributed by atoms with van der Waals surface area (Å²) in [4.78, 5) is 11.5. The first kappa shape index (κ1) is 17.6. The molecule has 0 bridgehead atoms. The standard InChI is InChI=1S/C17H12F4N4O/c1-26-13-7-11(18)6-12(8-13)23-15-9-14(17(19,20)21)24-16(25-15)10-2-4-22-5-3-10/h2-9H,1H3,(H,23,24,25). The summed E-state index contributed by atoms with van der Waals surface area (Å²) in [5, 5.41) is 2.66. The summed E-state index contributed by atoms with van der Waals surface area (Å²) in [5.74, 6) is -0.654. The van der Waals surface area contributed by atoms with Gasteiger partial charge in [0.05, 0.1) is 7.11 Å². The average molecular weight is 364 g/mol. The highest BCUT2D eigenvalue weighted by molar-refractivity contribution is 5.62. The van der Waals surface area contributed by atoms with Gasteiger partial charge in [-0.25, -0.2) is 14.4 Å². The maximum atomic E-state index is 13.6. The molecule has 0 aliphatic heterocycles. The van der Waals surface area contributed by atoms with E-state index in [0.717, 1.165) is 18.2 Å². The SMILES string of the molecule is COc1cc(F)cc(Nc2cc(C(F)(F)F)nc(-c3ccncc3)n2)c1. The molecule has 3 aromatic rings. The second kappa shape index (κ2) is 6.95. The summed E-state index contributed by atoms with van der Waals surface area (Å²) in [6.07, 6.45) is -1.83. The number of anilines is 2. The van der Waals surface area contributed by atoms with E-state index in [1.54, 1.807) is 0 Å². The van der Waals surface area contributed by atoms with Gasteiger partial charge in [0, 0.05) is 41.8 Å². The van der Waals surface area contributed by atoms with Crippen LogP contribution in [0.2, 0.25) is 0 Å². The Balaban J connectivity index is 2.05. The van der Waals surface area contributed by atoms with Crippen LogP contribution in [0.15, 0.2) is 48.8 Å². The fourth-order valence-corrected chi connectivity index (χ4v) is 2.19. The van der Waals surface area contributed by atoms with Crippen LogP contribution in [-0.2, 0) is 6.18 Å². The molecule has 2 heterocycles. The lowest BCUT2D eigenvalue weighted by atomic mass is 10.2. The average Bonchev–Trinajstić information content (AvgIpc) is 2.61. The molecule has 9 heteroatoms. The summed E-state index contributed by atoms with van der Waals surface area (Å²) in [5.41, 5.74) is -0.564. The number of ether oxygens (including phenoxy) is 1. The first-order valence-corrected chi connectivity index (χ1v) is 7.33. The van der Waals surface area contributed by atoms with Gasteiger partial charge in [0.15, 0.2) is 11.5 Å². The molecule has 1 aromatic carbocycles. The second-order valence-corrected chi connectivity index (χ2v) is 5.20. The third kappa shape index (κ3) is 4.05. The molecule has 0 amide bonds. The van der Waals surface area contributed by atoms with Gasteiger partial charge < -0.3 is 10.1 Å². The van der Waals surface area contributed by atoms with E-state index in [-0.39, 0.29) is 23.1 Å². The molecule has 0 fully saturated rings. The Kier molecular flexibility index (Phi) is 4.70. The molecule has 134 valence electrons. The third-order valence-electron chi connectivity index (χ3n) is 3.33. The number of hydrogen-bond donors (Lipinski definition) is 1. The highest BCUT2D eigenvalue weighted by Gasteiger charge is 2.34. The molecule has 26 heavy (non-hydrogen) atoms. The Morgan fingerprint density at radius 3 is 2.38 bits per heavy atom. The van der Waals surface area contributed by atoms with Crippen molar-refractivity contribution < 1.29 is 22.3 Å². The third-order valence-corrected chi connectivity index (χ3v) is 3.33. The van der Waals surface area contributed by atoms with Crippen LogP contribution in [0.1, 0.15) is 5.69 Å². The molecular formula is C17H12F4N4O. The Hall–Kier alpha value is -3.23. The zero-order chi connectivity index (χ0) is 18.7. The summed E-state index contributed by atoms with van der Waals surface area (Å²) >= 11 is 0. The molecule has 0 atom stereocenters. The lowest BCUT2D eigenvalue weighted by Crippen LogP contribution is -2.11. The van der Waals surface area contributed by atoms with Crippen molar-refractivity contribution in [2.24, 2.45) is 0 Å². The number of hydrogen-bond acceptors (Lipinski definition) is 5. The van der Waals surface area contributed by atoms with Crippen molar-refractivity contribution in [3.63, 3.8) is 0 Å². The quantitative estimate of drug-likeness (QED) is 0.693. The van der Waals surface area contributed by atoms with Gasteiger partial charge in [0.25, 0.3) is 0 Å². The zero-order valence-corrected chi connectivity index (χ0v) is 13.4. The Morgan fingerprint density at radius 2 is 1.73 bits per heavy atom. The molecule has 0 aliphatic rings. The highest BCUT2D eigenvalue weighted by Crippen LogP contribution is 2.32. The zero-order valence-electron chi connectivity index (χ0n) is 13.4. The van der Waals surface area contributed by atoms with Crippen LogP contribution in [0, 0.1) is 5.82 Å². The van der Waals surface area contributed by atoms with E-state index in [2.05, 4.69) is 20.3 Å². The Bertz CT molecular complexity index is 916. The molecule has 0 saturated carbocycles. The summed E-state index contributed by atoms with van der Waals surface area (Å²) in [6.45, 7) is 0. The minimum absolute atomic E-state index is 0.131. The van der Waals surface area contributed by atoms with Gasteiger partial charge in [0.1, 0.15) is 17.4 Å². The number of nitrogens with zero attached hydrogens (tertiary/aromatic N) is 3. The number of rotatable bonds is 4. The minimum Gasteiger partial charge on any atom is -0.497 e. The molecule has 0 unspecified atom stereocenters. The monoisotopic (exact) mass is 364 g/mol. The fourth-order valence-electron chi connectivity index (χ4n) is 2.19. The molecule has 0 saturated heterocycles. The molecule has 1 N–H and O–H groups in total. The van der Waals surface area contributed by atoms with E-state index in [9.17, 15) is 17.6 Å². The first-order valence-electron chi connectivity index (χ1n) is 7.33. The van der Waals surface area contributed by atoms with E-state index >= 15 is 0 Å². The Labute approximate surface area is 145 Å². The number of aromatic nitrogens is 3. The van der Waals surface area contributed by atoms with Crippen molar-refractivity contribution >= 4 is 11.5 Å². The van der Waals surface area contributed by atoms with Gasteiger partial charge in [-0.3, -0.25) is 4.98 Å². The van der Waals surface area contributed by atoms with Crippen LogP contribution in [0.4, 0.5) is 29.1 Å². The topological polar surface area (TPSA) is 59.9 Å². The van der Waals surface area contributed by atoms with Gasteiger partial charge in [0.2, 0.25) is 0 Å². The van der Waals surface area contributed by atoms with Crippen LogP contribution in [-0.4, -0.2) is 22.1 Å². The molecule has 3 rings (SSSR count). The van der Waals surface area contributed by atoms with E-state index in [0.29, 0.717) is 5.56 Å². The van der Waals surface area contributed by atoms with Crippen molar-refractivity contribution in [3.8, 4) is 17.1 Å². The number of methoxy groups -OCH3 is 1. The lowest BCUT2D eigenvalue weighted by molar-refractivity contribution is -0.141. The fraction of sp³-hybridized carbons (Fsp3) is 0.118. The van der Waals surface area contributed by atoms with Crippen LogP contribution >= 0.6 is 0 Å². The van der Waals surface area contributed by atoms with E-state index < -0.39 is 17.7 Å². The maximum absolute atomic E-state index is 13.6. The highest BCUT2D eigenvalue weighted by atomic mass is 19.4. The normalized spacial score (nSPS) is 11.3. The summed E-state index contributed by atoms with van der Waals surface area (Å²) < 4.78 is 58.1. The molecule has 2 aromatic heterocycles. The largest absolute Gasteiger partial charge is 0.497 e. The molecule has 0 spiro atoms. The van der Waals surface area contributed by atoms with Gasteiger partial charge in [-0.2, -0.15) is 13.2 Å². The summed E-state index contributed by atoms with van der Waals surface area (Å²) in [7, 11) is 1.35. The van der Waals surface area contributed by atoms with Crippen LogP contribution in [0.5, 0.6) is 5.75 Å². The smallest absolute Gasteiger partial charge is 0.433 e. The lowest BCUT2D eigenvalue weighted by Gasteiger charge is -2.12. The molecular weight excluding hydrogens is 352 g/mol. The number of halogens is 4. The van der Waals surface area contributed by atoms with Crippen molar-refractivity contribution in [2.45, 2.75) is 6.18 Å². The van der Waals surface area contributed by atoms with Gasteiger partial charge in [-0.05, 0) is 18.2 Å². The van der Waals surface area contributed by atoms with Gasteiger partial charge >= 0.3 is 6.18 Å². The second-order valence-electron chi connectivity index (χ2n) is 5.20. The van der Waals surface area contributed by atoms with E-state index in [4.69, 9.17) is 4.74 Å². The van der Waals surface area contributed by atoms with Gasteiger partial charge in [-0.1, -0.05) is 0 Å².